The summed E-state index contributed by atoms with van der Waals surface area (Å²) in [6.07, 6.45) is -2.31. The van der Waals surface area contributed by atoms with Gasteiger partial charge in [-0.2, -0.15) is 13.2 Å². The van der Waals surface area contributed by atoms with Crippen molar-refractivity contribution >= 4 is 33.2 Å². The molecule has 0 N–H and O–H groups in total. The maximum atomic E-state index is 12.6. The molecule has 114 valence electrons. The van der Waals surface area contributed by atoms with Crippen LogP contribution >= 0.6 is 15.9 Å². The quantitative estimate of drug-likeness (QED) is 0.347. The number of rotatable bonds is 5. The van der Waals surface area contributed by atoms with E-state index in [-0.39, 0.29) is 0 Å². The fourth-order valence-electron chi connectivity index (χ4n) is 1.53. The first kappa shape index (κ1) is 17.2. The van der Waals surface area contributed by atoms with Gasteiger partial charge >= 0.3 is 12.1 Å². The Morgan fingerprint density at radius 3 is 2.48 bits per heavy atom. The van der Waals surface area contributed by atoms with Gasteiger partial charge in [-0.15, -0.1) is 0 Å². The Morgan fingerprint density at radius 2 is 1.95 bits per heavy atom. The van der Waals surface area contributed by atoms with E-state index in [1.54, 1.807) is 0 Å². The van der Waals surface area contributed by atoms with Crippen LogP contribution in [0.15, 0.2) is 36.4 Å². The highest BCUT2D eigenvalue weighted by molar-refractivity contribution is 9.09. The van der Waals surface area contributed by atoms with Crippen molar-refractivity contribution in [3.63, 3.8) is 0 Å². The molecule has 9 heteroatoms. The van der Waals surface area contributed by atoms with Crippen LogP contribution in [0.5, 0.6) is 0 Å². The molecule has 0 aliphatic heterocycles. The van der Waals surface area contributed by atoms with Crippen molar-refractivity contribution < 1.29 is 22.9 Å². The maximum Gasteiger partial charge on any atom is 0.471 e. The van der Waals surface area contributed by atoms with Gasteiger partial charge in [-0.05, 0) is 6.07 Å². The summed E-state index contributed by atoms with van der Waals surface area (Å²) in [6.45, 7) is -0.422. The van der Waals surface area contributed by atoms with E-state index in [1.807, 2.05) is 0 Å². The lowest BCUT2D eigenvalue weighted by atomic mass is 10.2. The average Bonchev–Trinajstić information content (AvgIpc) is 2.42. The molecular weight excluding hydrogens is 357 g/mol. The molecule has 0 bridgehead atoms. The largest absolute Gasteiger partial charge is 0.471 e. The molecule has 0 aromatic heterocycles. The number of halogens is 4. The van der Waals surface area contributed by atoms with Crippen LogP contribution < -0.4 is 4.90 Å². The number of nitro groups is 1. The van der Waals surface area contributed by atoms with Gasteiger partial charge in [0.15, 0.2) is 0 Å². The first-order chi connectivity index (χ1) is 9.79. The van der Waals surface area contributed by atoms with E-state index in [9.17, 15) is 28.1 Å². The minimum atomic E-state index is -5.12. The molecule has 1 aromatic carbocycles. The molecule has 0 radical (unpaired) electrons. The molecule has 1 rings (SSSR count). The van der Waals surface area contributed by atoms with Crippen molar-refractivity contribution in [3.8, 4) is 0 Å². The summed E-state index contributed by atoms with van der Waals surface area (Å²) in [5.41, 5.74) is -0.966. The Balaban J connectivity index is 3.27. The third kappa shape index (κ3) is 4.55. The van der Waals surface area contributed by atoms with Gasteiger partial charge in [0.1, 0.15) is 5.69 Å². The summed E-state index contributed by atoms with van der Waals surface area (Å²) in [5, 5.41) is 11.3. The minimum Gasteiger partial charge on any atom is -0.295 e. The van der Waals surface area contributed by atoms with E-state index >= 15 is 0 Å². The number of alkyl halides is 4. The van der Waals surface area contributed by atoms with Crippen molar-refractivity contribution in [2.75, 3.05) is 16.8 Å². The van der Waals surface area contributed by atoms with Gasteiger partial charge < -0.3 is 0 Å². The first-order valence-electron chi connectivity index (χ1n) is 5.62. The highest BCUT2D eigenvalue weighted by Gasteiger charge is 2.44. The number of amides is 1. The number of benzene rings is 1. The highest BCUT2D eigenvalue weighted by atomic mass is 79.9. The lowest BCUT2D eigenvalue weighted by Gasteiger charge is -2.22. The zero-order valence-corrected chi connectivity index (χ0v) is 12.1. The zero-order chi connectivity index (χ0) is 16.0. The number of nitrogens with zero attached hydrogens (tertiary/aromatic N) is 2. The molecule has 0 saturated carbocycles. The van der Waals surface area contributed by atoms with Gasteiger partial charge in [0, 0.05) is 17.9 Å². The summed E-state index contributed by atoms with van der Waals surface area (Å²) in [5.74, 6) is -2.16. The Bertz CT molecular complexity index is 561. The monoisotopic (exact) mass is 366 g/mol. The van der Waals surface area contributed by atoms with Crippen LogP contribution in [0.2, 0.25) is 0 Å². The normalized spacial score (nSPS) is 11.6. The van der Waals surface area contributed by atoms with Gasteiger partial charge in [0.2, 0.25) is 0 Å². The summed E-state index contributed by atoms with van der Waals surface area (Å²) in [7, 11) is 0. The fraction of sp³-hybridized carbons (Fsp3) is 0.250. The molecule has 0 heterocycles. The van der Waals surface area contributed by atoms with E-state index in [0.717, 1.165) is 12.1 Å². The maximum absolute atomic E-state index is 12.6. The molecule has 0 unspecified atom stereocenters. The van der Waals surface area contributed by atoms with Crippen molar-refractivity contribution in [2.24, 2.45) is 0 Å². The lowest BCUT2D eigenvalue weighted by molar-refractivity contribution is -0.384. The van der Waals surface area contributed by atoms with Crippen molar-refractivity contribution in [1.82, 2.24) is 0 Å². The van der Waals surface area contributed by atoms with Crippen molar-refractivity contribution in [3.05, 3.63) is 46.5 Å². The molecule has 0 atom stereocenters. The topological polar surface area (TPSA) is 63.5 Å². The number of allylic oxidation sites excluding steroid dienone is 1. The van der Waals surface area contributed by atoms with E-state index in [0.29, 0.717) is 10.2 Å². The van der Waals surface area contributed by atoms with Crippen LogP contribution in [0.3, 0.4) is 0 Å². The molecule has 1 aromatic rings. The lowest BCUT2D eigenvalue weighted by Crippen LogP contribution is -2.41. The third-order valence-corrected chi connectivity index (χ3v) is 2.77. The number of carbonyl (C=O) groups is 1. The molecule has 0 saturated heterocycles. The Labute approximate surface area is 126 Å². The number of anilines is 1. The number of hydrogen-bond acceptors (Lipinski definition) is 3. The molecule has 0 spiro atoms. The van der Waals surface area contributed by atoms with Crippen molar-refractivity contribution in [1.29, 1.82) is 0 Å². The number of hydrogen-bond donors (Lipinski definition) is 0. The zero-order valence-electron chi connectivity index (χ0n) is 10.5. The molecule has 5 nitrogen and oxygen atoms in total. The van der Waals surface area contributed by atoms with E-state index in [4.69, 9.17) is 0 Å². The molecule has 0 fully saturated rings. The average molecular weight is 367 g/mol. The second kappa shape index (κ2) is 7.21. The van der Waals surface area contributed by atoms with Gasteiger partial charge in [-0.1, -0.05) is 40.2 Å². The van der Waals surface area contributed by atoms with Gasteiger partial charge in [-0.3, -0.25) is 19.8 Å². The number of para-hydroxylation sites is 2. The van der Waals surface area contributed by atoms with Crippen LogP contribution in [0.25, 0.3) is 0 Å². The Kier molecular flexibility index (Phi) is 5.89. The summed E-state index contributed by atoms with van der Waals surface area (Å²) < 4.78 is 37.9. The Morgan fingerprint density at radius 1 is 1.33 bits per heavy atom. The van der Waals surface area contributed by atoms with Crippen LogP contribution in [-0.4, -0.2) is 28.9 Å². The smallest absolute Gasteiger partial charge is 0.295 e. The van der Waals surface area contributed by atoms with Crippen LogP contribution in [0.4, 0.5) is 24.5 Å². The second-order valence-corrected chi connectivity index (χ2v) is 4.43. The molecular formula is C12H10BrF3N2O3. The van der Waals surface area contributed by atoms with Gasteiger partial charge in [-0.25, -0.2) is 0 Å². The van der Waals surface area contributed by atoms with Crippen molar-refractivity contribution in [2.45, 2.75) is 6.18 Å². The SMILES string of the molecule is O=C(N(CC=CCBr)c1ccccc1[N+](=O)[O-])C(F)(F)F. The fourth-order valence-corrected chi connectivity index (χ4v) is 1.80. The summed E-state index contributed by atoms with van der Waals surface area (Å²) in [4.78, 5) is 21.9. The highest BCUT2D eigenvalue weighted by Crippen LogP contribution is 2.31. The molecule has 21 heavy (non-hydrogen) atoms. The summed E-state index contributed by atoms with van der Waals surface area (Å²) >= 11 is 3.05. The number of carbonyl (C=O) groups excluding carboxylic acids is 1. The van der Waals surface area contributed by atoms with Crippen LogP contribution in [0.1, 0.15) is 0 Å². The van der Waals surface area contributed by atoms with E-state index in [1.165, 1.54) is 24.3 Å². The predicted molar refractivity (Wildman–Crippen MR) is 74.4 cm³/mol. The predicted octanol–water partition coefficient (Wildman–Crippen LogP) is 3.44. The third-order valence-electron chi connectivity index (χ3n) is 2.40. The first-order valence-corrected chi connectivity index (χ1v) is 6.74. The van der Waals surface area contributed by atoms with Gasteiger partial charge in [0.05, 0.1) is 4.92 Å². The van der Waals surface area contributed by atoms with E-state index < -0.39 is 34.9 Å². The van der Waals surface area contributed by atoms with Gasteiger partial charge in [0.25, 0.3) is 5.69 Å². The molecule has 0 aliphatic carbocycles. The van der Waals surface area contributed by atoms with E-state index in [2.05, 4.69) is 15.9 Å². The summed E-state index contributed by atoms with van der Waals surface area (Å²) in [6, 6.07) is 4.78. The van der Waals surface area contributed by atoms with Crippen LogP contribution in [-0.2, 0) is 4.79 Å². The molecule has 1 amide bonds. The Hall–Kier alpha value is -1.90. The number of nitro benzene ring substituents is 1. The second-order valence-electron chi connectivity index (χ2n) is 3.79. The standard InChI is InChI=1S/C12H10BrF3N2O3/c13-7-3-4-8-17(11(19)12(14,15)16)9-5-1-2-6-10(9)18(20)21/h1-6H,7-8H2. The molecule has 0 aliphatic rings. The minimum absolute atomic E-state index is 0.331. The van der Waals surface area contributed by atoms with Crippen LogP contribution in [0, 0.1) is 10.1 Å².